The summed E-state index contributed by atoms with van der Waals surface area (Å²) in [5, 5.41) is 6.85. The Balaban J connectivity index is 1.89. The zero-order valence-electron chi connectivity index (χ0n) is 9.01. The van der Waals surface area contributed by atoms with Crippen molar-refractivity contribution in [2.75, 3.05) is 7.11 Å². The van der Waals surface area contributed by atoms with Crippen LogP contribution in [-0.2, 0) is 13.1 Å². The lowest BCUT2D eigenvalue weighted by Gasteiger charge is -2.06. The molecule has 2 aromatic rings. The number of nitrogens with one attached hydrogen (secondary N) is 1. The number of methoxy groups -OCH3 is 1. The van der Waals surface area contributed by atoms with Crippen LogP contribution in [0.25, 0.3) is 0 Å². The maximum Gasteiger partial charge on any atom is 0.217 e. The van der Waals surface area contributed by atoms with Gasteiger partial charge in [0.1, 0.15) is 5.76 Å². The minimum atomic E-state index is 0.637. The molecule has 1 N–H and O–H groups in total. The summed E-state index contributed by atoms with van der Waals surface area (Å²) in [4.78, 5) is 4.11. The Hall–Kier alpha value is -1.88. The summed E-state index contributed by atoms with van der Waals surface area (Å²) in [6, 6.07) is 5.68. The van der Waals surface area contributed by atoms with Crippen LogP contribution < -0.4 is 10.1 Å². The SMILES string of the molecule is COc1ncccc1CNCc1ccno1. The van der Waals surface area contributed by atoms with E-state index in [1.54, 1.807) is 19.5 Å². The van der Waals surface area contributed by atoms with Gasteiger partial charge in [0.15, 0.2) is 0 Å². The Morgan fingerprint density at radius 3 is 3.00 bits per heavy atom. The van der Waals surface area contributed by atoms with Gasteiger partial charge in [0.25, 0.3) is 0 Å². The summed E-state index contributed by atoms with van der Waals surface area (Å²) in [7, 11) is 1.61. The monoisotopic (exact) mass is 219 g/mol. The van der Waals surface area contributed by atoms with E-state index in [2.05, 4.69) is 15.5 Å². The normalized spacial score (nSPS) is 10.3. The molecule has 0 aliphatic heterocycles. The van der Waals surface area contributed by atoms with Gasteiger partial charge in [-0.2, -0.15) is 0 Å². The smallest absolute Gasteiger partial charge is 0.217 e. The van der Waals surface area contributed by atoms with Gasteiger partial charge in [0.05, 0.1) is 19.9 Å². The highest BCUT2D eigenvalue weighted by molar-refractivity contribution is 5.24. The maximum atomic E-state index is 5.15. The molecule has 2 rings (SSSR count). The van der Waals surface area contributed by atoms with Crippen LogP contribution in [0.4, 0.5) is 0 Å². The van der Waals surface area contributed by atoms with E-state index in [9.17, 15) is 0 Å². The fourth-order valence-corrected chi connectivity index (χ4v) is 1.40. The van der Waals surface area contributed by atoms with Gasteiger partial charge in [0, 0.05) is 24.4 Å². The second-order valence-corrected chi connectivity index (χ2v) is 3.25. The summed E-state index contributed by atoms with van der Waals surface area (Å²) in [5.41, 5.74) is 1.02. The van der Waals surface area contributed by atoms with E-state index in [1.165, 1.54) is 0 Å². The van der Waals surface area contributed by atoms with Crippen LogP contribution >= 0.6 is 0 Å². The first-order valence-electron chi connectivity index (χ1n) is 4.98. The van der Waals surface area contributed by atoms with Crippen molar-refractivity contribution in [3.63, 3.8) is 0 Å². The Bertz CT molecular complexity index is 429. The zero-order valence-corrected chi connectivity index (χ0v) is 9.01. The van der Waals surface area contributed by atoms with E-state index < -0.39 is 0 Å². The topological polar surface area (TPSA) is 60.2 Å². The average molecular weight is 219 g/mol. The Kier molecular flexibility index (Phi) is 3.50. The first-order valence-corrected chi connectivity index (χ1v) is 4.98. The maximum absolute atomic E-state index is 5.15. The third kappa shape index (κ3) is 2.58. The van der Waals surface area contributed by atoms with E-state index in [0.29, 0.717) is 19.0 Å². The number of aromatic nitrogens is 2. The summed E-state index contributed by atoms with van der Waals surface area (Å²) >= 11 is 0. The largest absolute Gasteiger partial charge is 0.481 e. The molecule has 0 saturated heterocycles. The molecule has 2 aromatic heterocycles. The molecule has 0 atom stereocenters. The molecule has 5 heteroatoms. The quantitative estimate of drug-likeness (QED) is 0.822. The highest BCUT2D eigenvalue weighted by atomic mass is 16.5. The molecular formula is C11H13N3O2. The third-order valence-corrected chi connectivity index (χ3v) is 2.15. The Morgan fingerprint density at radius 1 is 1.31 bits per heavy atom. The van der Waals surface area contributed by atoms with E-state index in [-0.39, 0.29) is 0 Å². The summed E-state index contributed by atoms with van der Waals surface area (Å²) in [6.45, 7) is 1.32. The van der Waals surface area contributed by atoms with Gasteiger partial charge in [-0.1, -0.05) is 11.2 Å². The van der Waals surface area contributed by atoms with Crippen LogP contribution in [0, 0.1) is 0 Å². The highest BCUT2D eigenvalue weighted by Crippen LogP contribution is 2.12. The van der Waals surface area contributed by atoms with Crippen LogP contribution in [0.15, 0.2) is 35.1 Å². The molecule has 0 aliphatic carbocycles. The first kappa shape index (κ1) is 10.6. The molecule has 2 heterocycles. The molecule has 84 valence electrons. The molecule has 5 nitrogen and oxygen atoms in total. The third-order valence-electron chi connectivity index (χ3n) is 2.15. The fraction of sp³-hybridized carbons (Fsp3) is 0.273. The fourth-order valence-electron chi connectivity index (χ4n) is 1.40. The minimum Gasteiger partial charge on any atom is -0.481 e. The molecule has 0 aromatic carbocycles. The highest BCUT2D eigenvalue weighted by Gasteiger charge is 2.03. The molecule has 0 spiro atoms. The van der Waals surface area contributed by atoms with Crippen molar-refractivity contribution in [1.29, 1.82) is 0 Å². The predicted octanol–water partition coefficient (Wildman–Crippen LogP) is 1.37. The average Bonchev–Trinajstić information content (AvgIpc) is 2.83. The van der Waals surface area contributed by atoms with Crippen molar-refractivity contribution in [2.24, 2.45) is 0 Å². The molecule has 0 aliphatic rings. The minimum absolute atomic E-state index is 0.637. The molecule has 0 amide bonds. The standard InChI is InChI=1S/C11H13N3O2/c1-15-11-9(3-2-5-13-11)7-12-8-10-4-6-14-16-10/h2-6,12H,7-8H2,1H3. The van der Waals surface area contributed by atoms with Crippen molar-refractivity contribution in [2.45, 2.75) is 13.1 Å². The van der Waals surface area contributed by atoms with Gasteiger partial charge in [-0.15, -0.1) is 0 Å². The van der Waals surface area contributed by atoms with Crippen molar-refractivity contribution in [1.82, 2.24) is 15.5 Å². The molecule has 16 heavy (non-hydrogen) atoms. The van der Waals surface area contributed by atoms with Gasteiger partial charge in [0.2, 0.25) is 5.88 Å². The van der Waals surface area contributed by atoms with E-state index in [4.69, 9.17) is 9.26 Å². The Morgan fingerprint density at radius 2 is 2.25 bits per heavy atom. The van der Waals surface area contributed by atoms with Crippen molar-refractivity contribution in [3.05, 3.63) is 41.9 Å². The molecule has 0 unspecified atom stereocenters. The van der Waals surface area contributed by atoms with Crippen LogP contribution in [0.3, 0.4) is 0 Å². The van der Waals surface area contributed by atoms with Crippen LogP contribution in [0.1, 0.15) is 11.3 Å². The van der Waals surface area contributed by atoms with Crippen LogP contribution in [0.2, 0.25) is 0 Å². The van der Waals surface area contributed by atoms with Crippen molar-refractivity contribution >= 4 is 0 Å². The van der Waals surface area contributed by atoms with Crippen molar-refractivity contribution in [3.8, 4) is 5.88 Å². The molecule has 0 fully saturated rings. The van der Waals surface area contributed by atoms with Gasteiger partial charge < -0.3 is 14.6 Å². The van der Waals surface area contributed by atoms with Gasteiger partial charge in [-0.25, -0.2) is 4.98 Å². The van der Waals surface area contributed by atoms with E-state index in [0.717, 1.165) is 11.3 Å². The summed E-state index contributed by atoms with van der Waals surface area (Å²) in [6.07, 6.45) is 3.33. The number of hydrogen-bond donors (Lipinski definition) is 1. The van der Waals surface area contributed by atoms with Gasteiger partial charge >= 0.3 is 0 Å². The lowest BCUT2D eigenvalue weighted by molar-refractivity contribution is 0.369. The van der Waals surface area contributed by atoms with Crippen molar-refractivity contribution < 1.29 is 9.26 Å². The molecule has 0 radical (unpaired) electrons. The van der Waals surface area contributed by atoms with Crippen LogP contribution in [0.5, 0.6) is 5.88 Å². The number of hydrogen-bond acceptors (Lipinski definition) is 5. The van der Waals surface area contributed by atoms with Gasteiger partial charge in [-0.05, 0) is 6.07 Å². The number of ether oxygens (including phenoxy) is 1. The number of rotatable bonds is 5. The second kappa shape index (κ2) is 5.27. The lowest BCUT2D eigenvalue weighted by atomic mass is 10.2. The lowest BCUT2D eigenvalue weighted by Crippen LogP contribution is -2.13. The van der Waals surface area contributed by atoms with Crippen LogP contribution in [-0.4, -0.2) is 17.3 Å². The zero-order chi connectivity index (χ0) is 11.2. The van der Waals surface area contributed by atoms with E-state index in [1.807, 2.05) is 18.2 Å². The number of pyridine rings is 1. The number of nitrogens with zero attached hydrogens (tertiary/aromatic N) is 2. The molecule has 0 bridgehead atoms. The molecule has 0 saturated carbocycles. The van der Waals surface area contributed by atoms with Gasteiger partial charge in [-0.3, -0.25) is 0 Å². The summed E-state index contributed by atoms with van der Waals surface area (Å²) < 4.78 is 10.1. The molecular weight excluding hydrogens is 206 g/mol. The first-order chi connectivity index (χ1) is 7.90. The summed E-state index contributed by atoms with van der Waals surface area (Å²) in [5.74, 6) is 1.45. The van der Waals surface area contributed by atoms with E-state index >= 15 is 0 Å². The predicted molar refractivity (Wildman–Crippen MR) is 57.8 cm³/mol. The second-order valence-electron chi connectivity index (χ2n) is 3.25. The Labute approximate surface area is 93.4 Å².